The van der Waals surface area contributed by atoms with E-state index >= 15 is 0 Å². The number of amides is 1. The van der Waals surface area contributed by atoms with Gasteiger partial charge in [0, 0.05) is 0 Å². The van der Waals surface area contributed by atoms with Crippen molar-refractivity contribution in [1.29, 1.82) is 0 Å². The molecule has 1 amide bonds. The van der Waals surface area contributed by atoms with Gasteiger partial charge in [0.1, 0.15) is 12.3 Å². The van der Waals surface area contributed by atoms with Gasteiger partial charge in [0.15, 0.2) is 0 Å². The molecular weight excluding hydrogens is 474 g/mol. The van der Waals surface area contributed by atoms with Gasteiger partial charge < -0.3 is 4.74 Å². The van der Waals surface area contributed by atoms with Gasteiger partial charge in [-0.15, -0.1) is 0 Å². The quantitative estimate of drug-likeness (QED) is 0.399. The lowest BCUT2D eigenvalue weighted by Gasteiger charge is -2.57. The molecule has 2 aromatic carbocycles. The molecule has 4 bridgehead atoms. The summed E-state index contributed by atoms with van der Waals surface area (Å²) in [6, 6.07) is 15.2. The molecule has 192 valence electrons. The van der Waals surface area contributed by atoms with Crippen LogP contribution in [0.15, 0.2) is 53.6 Å². The second-order valence-electron chi connectivity index (χ2n) is 10.8. The molecule has 0 spiro atoms. The highest BCUT2D eigenvalue weighted by Crippen LogP contribution is 2.60. The van der Waals surface area contributed by atoms with Gasteiger partial charge in [-0.05, 0) is 116 Å². The van der Waals surface area contributed by atoms with Crippen LogP contribution in [0.3, 0.4) is 0 Å². The summed E-state index contributed by atoms with van der Waals surface area (Å²) < 4.78 is 31.6. The first-order valence-corrected chi connectivity index (χ1v) is 14.7. The maximum absolute atomic E-state index is 12.6. The minimum Gasteiger partial charge on any atom is -0.494 e. The summed E-state index contributed by atoms with van der Waals surface area (Å²) in [5.74, 6) is 2.78. The van der Waals surface area contributed by atoms with Crippen molar-refractivity contribution >= 4 is 27.8 Å². The maximum atomic E-state index is 12.6. The molecule has 4 aliphatic carbocycles. The number of nitrogens with one attached hydrogen (secondary N) is 1. The van der Waals surface area contributed by atoms with Crippen LogP contribution in [0.4, 0.5) is 5.69 Å². The van der Waals surface area contributed by atoms with Crippen LogP contribution in [-0.2, 0) is 20.2 Å². The van der Waals surface area contributed by atoms with Gasteiger partial charge in [0.05, 0.1) is 24.8 Å². The van der Waals surface area contributed by atoms with Gasteiger partial charge in [0.2, 0.25) is 10.0 Å². The lowest BCUT2D eigenvalue weighted by molar-refractivity contribution is -0.119. The third-order valence-electron chi connectivity index (χ3n) is 8.09. The molecule has 4 fully saturated rings. The highest BCUT2D eigenvalue weighted by molar-refractivity contribution is 7.92. The van der Waals surface area contributed by atoms with Crippen molar-refractivity contribution in [2.24, 2.45) is 22.9 Å². The fraction of sp³-hybridized carbons (Fsp3) is 0.500. The zero-order valence-electron chi connectivity index (χ0n) is 21.0. The summed E-state index contributed by atoms with van der Waals surface area (Å²) in [6.07, 6.45) is 10.5. The number of anilines is 1. The van der Waals surface area contributed by atoms with Crippen LogP contribution in [0.1, 0.15) is 56.6 Å². The molecular formula is C28H35N3O4S. The summed E-state index contributed by atoms with van der Waals surface area (Å²) in [5, 5.41) is 3.98. The Labute approximate surface area is 214 Å². The van der Waals surface area contributed by atoms with Gasteiger partial charge in [-0.1, -0.05) is 12.1 Å². The third kappa shape index (κ3) is 5.28. The Hall–Kier alpha value is -2.87. The monoisotopic (exact) mass is 509 g/mol. The average Bonchev–Trinajstić information content (AvgIpc) is 2.82. The van der Waals surface area contributed by atoms with Crippen LogP contribution in [0, 0.1) is 17.8 Å². The Balaban J connectivity index is 1.24. The molecule has 0 aromatic heterocycles. The zero-order chi connectivity index (χ0) is 25.3. The lowest BCUT2D eigenvalue weighted by Crippen LogP contribution is -2.48. The van der Waals surface area contributed by atoms with Crippen molar-refractivity contribution in [1.82, 2.24) is 5.43 Å². The van der Waals surface area contributed by atoms with Crippen molar-refractivity contribution in [3.8, 4) is 5.75 Å². The van der Waals surface area contributed by atoms with E-state index in [0.29, 0.717) is 12.3 Å². The molecule has 0 unspecified atom stereocenters. The minimum atomic E-state index is -3.65. The van der Waals surface area contributed by atoms with Crippen LogP contribution in [0.5, 0.6) is 5.75 Å². The second-order valence-corrected chi connectivity index (χ2v) is 12.7. The molecule has 4 aliphatic rings. The summed E-state index contributed by atoms with van der Waals surface area (Å²) in [7, 11) is -3.65. The molecule has 6 rings (SSSR count). The first kappa shape index (κ1) is 24.8. The van der Waals surface area contributed by atoms with E-state index in [1.165, 1.54) is 50.3 Å². The van der Waals surface area contributed by atoms with Gasteiger partial charge in [-0.3, -0.25) is 9.10 Å². The topological polar surface area (TPSA) is 88.1 Å². The smallest absolute Gasteiger partial charge is 0.260 e. The fourth-order valence-corrected chi connectivity index (χ4v) is 7.86. The fourth-order valence-electron chi connectivity index (χ4n) is 7.01. The number of nitrogens with zero attached hydrogens (tertiary/aromatic N) is 2. The van der Waals surface area contributed by atoms with Crippen molar-refractivity contribution < 1.29 is 17.9 Å². The number of hydrazone groups is 1. The van der Waals surface area contributed by atoms with Crippen LogP contribution in [0.25, 0.3) is 0 Å². The SMILES string of the molecule is CCOc1ccc(/C=N\NC(=O)CN(c2ccc(C34CC5CC(CC(C5)C3)C4)cc2)S(C)(=O)=O)cc1. The number of ether oxygens (including phenoxy) is 1. The Morgan fingerprint density at radius 1 is 1.03 bits per heavy atom. The predicted octanol–water partition coefficient (Wildman–Crippen LogP) is 4.47. The first-order chi connectivity index (χ1) is 17.2. The molecule has 1 N–H and O–H groups in total. The van der Waals surface area contributed by atoms with Crippen molar-refractivity contribution in [3.63, 3.8) is 0 Å². The molecule has 0 radical (unpaired) electrons. The van der Waals surface area contributed by atoms with E-state index < -0.39 is 15.9 Å². The molecule has 0 saturated heterocycles. The Morgan fingerprint density at radius 3 is 2.14 bits per heavy atom. The summed E-state index contributed by atoms with van der Waals surface area (Å²) in [4.78, 5) is 12.5. The molecule has 0 atom stereocenters. The van der Waals surface area contributed by atoms with E-state index in [4.69, 9.17) is 4.74 Å². The molecule has 0 aliphatic heterocycles. The van der Waals surface area contributed by atoms with E-state index in [9.17, 15) is 13.2 Å². The van der Waals surface area contributed by atoms with E-state index in [1.807, 2.05) is 43.3 Å². The number of rotatable bonds is 9. The summed E-state index contributed by atoms with van der Waals surface area (Å²) in [6.45, 7) is 2.17. The van der Waals surface area contributed by atoms with Crippen LogP contribution >= 0.6 is 0 Å². The third-order valence-corrected chi connectivity index (χ3v) is 9.23. The van der Waals surface area contributed by atoms with Crippen LogP contribution in [-0.4, -0.2) is 39.9 Å². The van der Waals surface area contributed by atoms with Crippen molar-refractivity contribution in [2.75, 3.05) is 23.7 Å². The number of carbonyl (C=O) groups excluding carboxylic acids is 1. The van der Waals surface area contributed by atoms with Crippen LogP contribution in [0.2, 0.25) is 0 Å². The van der Waals surface area contributed by atoms with Crippen molar-refractivity contribution in [3.05, 3.63) is 59.7 Å². The van der Waals surface area contributed by atoms with E-state index in [1.54, 1.807) is 0 Å². The highest BCUT2D eigenvalue weighted by atomic mass is 32.2. The summed E-state index contributed by atoms with van der Waals surface area (Å²) >= 11 is 0. The Kier molecular flexibility index (Phi) is 6.81. The number of sulfonamides is 1. The minimum absolute atomic E-state index is 0.246. The second kappa shape index (κ2) is 9.88. The predicted molar refractivity (Wildman–Crippen MR) is 142 cm³/mol. The van der Waals surface area contributed by atoms with Gasteiger partial charge >= 0.3 is 0 Å². The lowest BCUT2D eigenvalue weighted by atomic mass is 9.48. The Bertz CT molecular complexity index is 1190. The highest BCUT2D eigenvalue weighted by Gasteiger charge is 2.51. The number of carbonyl (C=O) groups is 1. The molecule has 2 aromatic rings. The number of hydrogen-bond acceptors (Lipinski definition) is 5. The largest absolute Gasteiger partial charge is 0.494 e. The first-order valence-electron chi connectivity index (χ1n) is 12.9. The molecule has 36 heavy (non-hydrogen) atoms. The Morgan fingerprint density at radius 2 is 1.61 bits per heavy atom. The standard InChI is InChI=1S/C28H35N3O4S/c1-3-35-26-10-4-20(5-11-26)18-29-30-27(32)19-31(36(2,33)34)25-8-6-24(7-9-25)28-15-21-12-22(16-28)14-23(13-21)17-28/h4-11,18,21-23H,3,12-17,19H2,1-2H3,(H,30,32)/b29-18-. The van der Waals surface area contributed by atoms with E-state index in [-0.39, 0.29) is 12.0 Å². The number of benzene rings is 2. The van der Waals surface area contributed by atoms with Gasteiger partial charge in [-0.2, -0.15) is 5.10 Å². The normalized spacial score (nSPS) is 26.8. The van der Waals surface area contributed by atoms with Gasteiger partial charge in [-0.25, -0.2) is 13.8 Å². The molecule has 7 nitrogen and oxygen atoms in total. The molecule has 4 saturated carbocycles. The molecule has 8 heteroatoms. The van der Waals surface area contributed by atoms with Gasteiger partial charge in [0.25, 0.3) is 5.91 Å². The van der Waals surface area contributed by atoms with E-state index in [0.717, 1.165) is 39.6 Å². The zero-order valence-corrected chi connectivity index (χ0v) is 21.8. The average molecular weight is 510 g/mol. The van der Waals surface area contributed by atoms with Crippen molar-refractivity contribution in [2.45, 2.75) is 50.9 Å². The van der Waals surface area contributed by atoms with Crippen LogP contribution < -0.4 is 14.5 Å². The number of hydrogen-bond donors (Lipinski definition) is 1. The summed E-state index contributed by atoms with van der Waals surface area (Å²) in [5.41, 5.74) is 5.29. The maximum Gasteiger partial charge on any atom is 0.260 e. The molecule has 0 heterocycles. The van der Waals surface area contributed by atoms with E-state index in [2.05, 4.69) is 22.7 Å².